The number of anilines is 2. The van der Waals surface area contributed by atoms with Gasteiger partial charge in [-0.3, -0.25) is 9.48 Å². The molecule has 0 atom stereocenters. The second-order valence-corrected chi connectivity index (χ2v) is 2.85. The van der Waals surface area contributed by atoms with E-state index in [0.29, 0.717) is 5.69 Å². The van der Waals surface area contributed by atoms with Crippen LogP contribution < -0.4 is 11.1 Å². The van der Waals surface area contributed by atoms with Crippen LogP contribution in [0, 0.1) is 0 Å². The van der Waals surface area contributed by atoms with Gasteiger partial charge in [0.25, 0.3) is 5.91 Å². The van der Waals surface area contributed by atoms with Crippen molar-refractivity contribution in [3.8, 4) is 0 Å². The average molecular weight is 208 g/mol. The van der Waals surface area contributed by atoms with Crippen LogP contribution in [0.1, 0.15) is 10.5 Å². The minimum atomic E-state index is -0.484. The molecule has 0 bridgehead atoms. The summed E-state index contributed by atoms with van der Waals surface area (Å²) in [4.78, 5) is 11.5. The van der Waals surface area contributed by atoms with Crippen molar-refractivity contribution in [1.82, 2.24) is 20.1 Å². The largest absolute Gasteiger partial charge is 0.379 e. The first-order chi connectivity index (χ1) is 7.16. The van der Waals surface area contributed by atoms with E-state index < -0.39 is 5.91 Å². The fourth-order valence-electron chi connectivity index (χ4n) is 1.03. The summed E-state index contributed by atoms with van der Waals surface area (Å²) >= 11 is 0. The average Bonchev–Trinajstić information content (AvgIpc) is 2.75. The van der Waals surface area contributed by atoms with Crippen molar-refractivity contribution >= 4 is 17.4 Å². The number of nitrogens with one attached hydrogen (secondary N) is 1. The Hall–Kier alpha value is -2.38. The van der Waals surface area contributed by atoms with Crippen LogP contribution in [0.2, 0.25) is 0 Å². The monoisotopic (exact) mass is 208 g/mol. The minimum absolute atomic E-state index is 0.0427. The maximum Gasteiger partial charge on any atom is 0.281 e. The zero-order valence-corrected chi connectivity index (χ0v) is 7.84. The number of carbonyl (C=O) groups is 1. The molecule has 15 heavy (non-hydrogen) atoms. The number of aryl methyl sites for hydroxylation is 1. The highest BCUT2D eigenvalue weighted by Gasteiger charge is 2.16. The summed E-state index contributed by atoms with van der Waals surface area (Å²) in [6, 6.07) is 0. The lowest BCUT2D eigenvalue weighted by molar-refractivity contribution is 0.101. The Balaban J connectivity index is 2.14. The van der Waals surface area contributed by atoms with E-state index in [4.69, 9.17) is 5.73 Å². The summed E-state index contributed by atoms with van der Waals surface area (Å²) < 4.78 is 5.86. The van der Waals surface area contributed by atoms with Gasteiger partial charge in [0, 0.05) is 13.2 Å². The third kappa shape index (κ3) is 1.77. The van der Waals surface area contributed by atoms with Crippen LogP contribution in [-0.4, -0.2) is 26.0 Å². The molecule has 0 aromatic carbocycles. The molecule has 0 aliphatic carbocycles. The van der Waals surface area contributed by atoms with Crippen molar-refractivity contribution in [3.63, 3.8) is 0 Å². The second kappa shape index (κ2) is 3.40. The van der Waals surface area contributed by atoms with Gasteiger partial charge in [-0.2, -0.15) is 5.10 Å². The fourth-order valence-corrected chi connectivity index (χ4v) is 1.03. The van der Waals surface area contributed by atoms with Crippen LogP contribution in [0.25, 0.3) is 0 Å². The third-order valence-electron chi connectivity index (χ3n) is 1.69. The molecule has 2 aromatic rings. The van der Waals surface area contributed by atoms with E-state index in [-0.39, 0.29) is 11.5 Å². The molecular weight excluding hydrogens is 200 g/mol. The zero-order chi connectivity index (χ0) is 10.8. The number of amides is 1. The number of hydrogen-bond acceptors (Lipinski definition) is 6. The standard InChI is InChI=1S/C7H8N6O2/c1-13-3-4(2-9-13)10-7(14)5-6(8)12-15-11-5/h2-3H,1H3,(H2,8,12)(H,10,14). The Labute approximate surface area is 84.0 Å². The number of aromatic nitrogens is 4. The van der Waals surface area contributed by atoms with Gasteiger partial charge in [-0.1, -0.05) is 0 Å². The quantitative estimate of drug-likeness (QED) is 0.696. The molecule has 0 radical (unpaired) electrons. The van der Waals surface area contributed by atoms with E-state index in [1.807, 2.05) is 0 Å². The lowest BCUT2D eigenvalue weighted by Gasteiger charge is -1.97. The molecule has 0 spiro atoms. The molecule has 0 fully saturated rings. The number of nitrogens with two attached hydrogens (primary N) is 1. The van der Waals surface area contributed by atoms with Crippen molar-refractivity contribution in [2.45, 2.75) is 0 Å². The molecule has 8 heteroatoms. The van der Waals surface area contributed by atoms with Crippen LogP contribution in [-0.2, 0) is 7.05 Å². The number of nitrogen functional groups attached to an aromatic ring is 1. The molecule has 2 heterocycles. The second-order valence-electron chi connectivity index (χ2n) is 2.85. The number of hydrogen-bond donors (Lipinski definition) is 2. The van der Waals surface area contributed by atoms with Crippen LogP contribution >= 0.6 is 0 Å². The van der Waals surface area contributed by atoms with Gasteiger partial charge < -0.3 is 11.1 Å². The Morgan fingerprint density at radius 3 is 2.93 bits per heavy atom. The number of nitrogens with zero attached hydrogens (tertiary/aromatic N) is 4. The first-order valence-corrected chi connectivity index (χ1v) is 4.05. The first-order valence-electron chi connectivity index (χ1n) is 4.05. The van der Waals surface area contributed by atoms with Crippen LogP contribution in [0.4, 0.5) is 11.5 Å². The van der Waals surface area contributed by atoms with Gasteiger partial charge in [0.15, 0.2) is 0 Å². The first kappa shape index (κ1) is 9.19. The van der Waals surface area contributed by atoms with Gasteiger partial charge in [-0.05, 0) is 10.3 Å². The van der Waals surface area contributed by atoms with Gasteiger partial charge in [0.1, 0.15) is 0 Å². The van der Waals surface area contributed by atoms with Crippen molar-refractivity contribution in [2.24, 2.45) is 7.05 Å². The summed E-state index contributed by atoms with van der Waals surface area (Å²) in [5.74, 6) is -0.529. The third-order valence-corrected chi connectivity index (χ3v) is 1.69. The van der Waals surface area contributed by atoms with E-state index in [0.717, 1.165) is 0 Å². The maximum atomic E-state index is 11.5. The van der Waals surface area contributed by atoms with E-state index >= 15 is 0 Å². The Kier molecular flexibility index (Phi) is 2.08. The maximum absolute atomic E-state index is 11.5. The molecule has 0 aliphatic heterocycles. The highest BCUT2D eigenvalue weighted by molar-refractivity contribution is 6.05. The summed E-state index contributed by atoms with van der Waals surface area (Å²) in [5.41, 5.74) is 5.85. The van der Waals surface area contributed by atoms with Crippen LogP contribution in [0.15, 0.2) is 17.0 Å². The predicted octanol–water partition coefficient (Wildman–Crippen LogP) is -0.362. The number of rotatable bonds is 2. The van der Waals surface area contributed by atoms with E-state index in [1.54, 1.807) is 17.9 Å². The molecule has 2 rings (SSSR count). The molecule has 0 saturated carbocycles. The van der Waals surface area contributed by atoms with E-state index in [9.17, 15) is 4.79 Å². The van der Waals surface area contributed by atoms with Crippen molar-refractivity contribution < 1.29 is 9.42 Å². The van der Waals surface area contributed by atoms with Gasteiger partial charge in [-0.25, -0.2) is 4.63 Å². The lowest BCUT2D eigenvalue weighted by atomic mass is 10.4. The number of carbonyl (C=O) groups excluding carboxylic acids is 1. The van der Waals surface area contributed by atoms with Crippen molar-refractivity contribution in [1.29, 1.82) is 0 Å². The van der Waals surface area contributed by atoms with Gasteiger partial charge in [-0.15, -0.1) is 0 Å². The fraction of sp³-hybridized carbons (Fsp3) is 0.143. The summed E-state index contributed by atoms with van der Waals surface area (Å²) in [5, 5.41) is 13.1. The topological polar surface area (TPSA) is 112 Å². The van der Waals surface area contributed by atoms with Gasteiger partial charge >= 0.3 is 0 Å². The molecule has 0 aliphatic rings. The summed E-state index contributed by atoms with van der Waals surface area (Å²) in [6.45, 7) is 0. The zero-order valence-electron chi connectivity index (χ0n) is 7.84. The molecular formula is C7H8N6O2. The molecule has 8 nitrogen and oxygen atoms in total. The lowest BCUT2D eigenvalue weighted by Crippen LogP contribution is -2.13. The predicted molar refractivity (Wildman–Crippen MR) is 49.9 cm³/mol. The van der Waals surface area contributed by atoms with Gasteiger partial charge in [0.05, 0.1) is 11.9 Å². The van der Waals surface area contributed by atoms with Crippen LogP contribution in [0.5, 0.6) is 0 Å². The van der Waals surface area contributed by atoms with E-state index in [2.05, 4.69) is 25.4 Å². The Morgan fingerprint density at radius 2 is 2.40 bits per heavy atom. The highest BCUT2D eigenvalue weighted by atomic mass is 16.6. The van der Waals surface area contributed by atoms with Crippen molar-refractivity contribution in [3.05, 3.63) is 18.1 Å². The molecule has 2 aromatic heterocycles. The minimum Gasteiger partial charge on any atom is -0.379 e. The van der Waals surface area contributed by atoms with Gasteiger partial charge in [0.2, 0.25) is 11.5 Å². The normalized spacial score (nSPS) is 10.2. The SMILES string of the molecule is Cn1cc(NC(=O)c2nonc2N)cn1. The van der Waals surface area contributed by atoms with Crippen molar-refractivity contribution in [2.75, 3.05) is 11.1 Å². The Morgan fingerprint density at radius 1 is 1.60 bits per heavy atom. The summed E-state index contributed by atoms with van der Waals surface area (Å²) in [6.07, 6.45) is 3.14. The highest BCUT2D eigenvalue weighted by Crippen LogP contribution is 2.09. The molecule has 1 amide bonds. The Bertz CT molecular complexity index is 487. The molecule has 0 saturated heterocycles. The summed E-state index contributed by atoms with van der Waals surface area (Å²) in [7, 11) is 1.74. The van der Waals surface area contributed by atoms with Crippen LogP contribution in [0.3, 0.4) is 0 Å². The van der Waals surface area contributed by atoms with E-state index in [1.165, 1.54) is 6.20 Å². The molecule has 78 valence electrons. The molecule has 3 N–H and O–H groups in total. The smallest absolute Gasteiger partial charge is 0.281 e. The molecule has 0 unspecified atom stereocenters.